The van der Waals surface area contributed by atoms with Gasteiger partial charge >= 0.3 is 11.9 Å². The molecule has 166 valence electrons. The highest BCUT2D eigenvalue weighted by molar-refractivity contribution is 5.95. The predicted octanol–water partition coefficient (Wildman–Crippen LogP) is 6.43. The van der Waals surface area contributed by atoms with Crippen LogP contribution in [0.1, 0.15) is 53.0 Å². The van der Waals surface area contributed by atoms with Crippen molar-refractivity contribution in [3.05, 3.63) is 95.6 Å². The summed E-state index contributed by atoms with van der Waals surface area (Å²) in [7, 11) is 0. The van der Waals surface area contributed by atoms with Crippen molar-refractivity contribution < 1.29 is 23.8 Å². The summed E-state index contributed by atoms with van der Waals surface area (Å²) < 4.78 is 16.5. The third-order valence-corrected chi connectivity index (χ3v) is 4.74. The van der Waals surface area contributed by atoms with Crippen molar-refractivity contribution in [1.29, 1.82) is 0 Å². The van der Waals surface area contributed by atoms with Crippen LogP contribution in [0, 0.1) is 5.92 Å². The Morgan fingerprint density at radius 2 is 1.41 bits per heavy atom. The van der Waals surface area contributed by atoms with Gasteiger partial charge in [-0.15, -0.1) is 0 Å². The second-order valence-corrected chi connectivity index (χ2v) is 7.89. The summed E-state index contributed by atoms with van der Waals surface area (Å²) in [5, 5.41) is 0. The zero-order valence-electron chi connectivity index (χ0n) is 18.5. The second-order valence-electron chi connectivity index (χ2n) is 7.89. The normalized spacial score (nSPS) is 10.6. The predicted molar refractivity (Wildman–Crippen MR) is 123 cm³/mol. The van der Waals surface area contributed by atoms with Crippen LogP contribution < -0.4 is 4.74 Å². The molecule has 0 heterocycles. The molecule has 3 aromatic rings. The van der Waals surface area contributed by atoms with E-state index in [9.17, 15) is 9.59 Å². The van der Waals surface area contributed by atoms with E-state index in [0.29, 0.717) is 29.4 Å². The van der Waals surface area contributed by atoms with E-state index in [1.165, 1.54) is 6.07 Å². The molecule has 3 rings (SSSR count). The summed E-state index contributed by atoms with van der Waals surface area (Å²) >= 11 is 0. The summed E-state index contributed by atoms with van der Waals surface area (Å²) in [6, 6.07) is 23.2. The van der Waals surface area contributed by atoms with Crippen LogP contribution in [0.4, 0.5) is 0 Å². The molecule has 0 aliphatic rings. The van der Waals surface area contributed by atoms with Crippen molar-refractivity contribution in [3.63, 3.8) is 0 Å². The van der Waals surface area contributed by atoms with Gasteiger partial charge in [0.15, 0.2) is 0 Å². The fourth-order valence-corrected chi connectivity index (χ4v) is 3.07. The Kier molecular flexibility index (Phi) is 8.44. The van der Waals surface area contributed by atoms with Crippen LogP contribution in [0.2, 0.25) is 0 Å². The molecule has 5 nitrogen and oxygen atoms in total. The first-order chi connectivity index (χ1) is 15.5. The van der Waals surface area contributed by atoms with Crippen molar-refractivity contribution in [3.8, 4) is 11.5 Å². The Labute approximate surface area is 188 Å². The first-order valence-electron chi connectivity index (χ1n) is 10.8. The number of carbonyl (C=O) groups is 2. The quantitative estimate of drug-likeness (QED) is 0.273. The van der Waals surface area contributed by atoms with E-state index in [1.54, 1.807) is 18.2 Å². The highest BCUT2D eigenvalue weighted by Gasteiger charge is 2.13. The Morgan fingerprint density at radius 1 is 0.750 bits per heavy atom. The molecule has 0 saturated carbocycles. The zero-order valence-corrected chi connectivity index (χ0v) is 18.5. The van der Waals surface area contributed by atoms with E-state index in [1.807, 2.05) is 54.6 Å². The molecule has 0 bridgehead atoms. The molecule has 5 heteroatoms. The van der Waals surface area contributed by atoms with E-state index >= 15 is 0 Å². The molecule has 0 N–H and O–H groups in total. The maximum atomic E-state index is 12.5. The monoisotopic (exact) mass is 432 g/mol. The van der Waals surface area contributed by atoms with E-state index in [4.69, 9.17) is 14.2 Å². The van der Waals surface area contributed by atoms with E-state index in [-0.39, 0.29) is 6.61 Å². The van der Waals surface area contributed by atoms with Gasteiger partial charge in [0.05, 0.1) is 17.7 Å². The van der Waals surface area contributed by atoms with Gasteiger partial charge in [0.25, 0.3) is 0 Å². The van der Waals surface area contributed by atoms with Gasteiger partial charge in [0.1, 0.15) is 18.1 Å². The Morgan fingerprint density at radius 3 is 2.12 bits per heavy atom. The number of benzene rings is 3. The molecule has 0 fully saturated rings. The van der Waals surface area contributed by atoms with Gasteiger partial charge in [0.2, 0.25) is 0 Å². The van der Waals surface area contributed by atoms with Crippen molar-refractivity contribution in [2.24, 2.45) is 5.92 Å². The summed E-state index contributed by atoms with van der Waals surface area (Å²) in [6.07, 6.45) is 1.81. The standard InChI is InChI=1S/C27H28O5/c1-20(2)9-8-16-30-26(28)22-11-7-12-23(18-22)27(29)31-19-21-10-6-15-25(17-21)32-24-13-4-3-5-14-24/h3-7,10-15,17-18,20H,8-9,16,19H2,1-2H3. The van der Waals surface area contributed by atoms with E-state index in [2.05, 4.69) is 13.8 Å². The Bertz CT molecular complexity index is 1030. The molecule has 0 aliphatic heterocycles. The minimum absolute atomic E-state index is 0.0920. The Hall–Kier alpha value is -3.60. The minimum Gasteiger partial charge on any atom is -0.462 e. The van der Waals surface area contributed by atoms with Gasteiger partial charge < -0.3 is 14.2 Å². The maximum absolute atomic E-state index is 12.5. The smallest absolute Gasteiger partial charge is 0.338 e. The lowest BCUT2D eigenvalue weighted by atomic mass is 10.1. The first kappa shape index (κ1) is 23.1. The van der Waals surface area contributed by atoms with Gasteiger partial charge in [-0.2, -0.15) is 0 Å². The molecular weight excluding hydrogens is 404 g/mol. The molecule has 0 radical (unpaired) electrons. The van der Waals surface area contributed by atoms with Crippen LogP contribution >= 0.6 is 0 Å². The highest BCUT2D eigenvalue weighted by atomic mass is 16.5. The average Bonchev–Trinajstić information content (AvgIpc) is 2.81. The molecule has 0 aliphatic carbocycles. The lowest BCUT2D eigenvalue weighted by molar-refractivity contribution is 0.0472. The van der Waals surface area contributed by atoms with Crippen LogP contribution in [0.5, 0.6) is 11.5 Å². The number of hydrogen-bond acceptors (Lipinski definition) is 5. The maximum Gasteiger partial charge on any atom is 0.338 e. The minimum atomic E-state index is -0.506. The van der Waals surface area contributed by atoms with Gasteiger partial charge in [-0.05, 0) is 66.8 Å². The van der Waals surface area contributed by atoms with E-state index < -0.39 is 11.9 Å². The van der Waals surface area contributed by atoms with Crippen LogP contribution in [0.15, 0.2) is 78.9 Å². The third-order valence-electron chi connectivity index (χ3n) is 4.74. The lowest BCUT2D eigenvalue weighted by Gasteiger charge is -2.09. The van der Waals surface area contributed by atoms with Crippen LogP contribution in [0.25, 0.3) is 0 Å². The SMILES string of the molecule is CC(C)CCCOC(=O)c1cccc(C(=O)OCc2cccc(Oc3ccccc3)c2)c1. The third kappa shape index (κ3) is 7.27. The molecule has 0 saturated heterocycles. The Balaban J connectivity index is 1.54. The number of hydrogen-bond donors (Lipinski definition) is 0. The fourth-order valence-electron chi connectivity index (χ4n) is 3.07. The van der Waals surface area contributed by atoms with Crippen LogP contribution in [-0.4, -0.2) is 18.5 Å². The zero-order chi connectivity index (χ0) is 22.8. The lowest BCUT2D eigenvalue weighted by Crippen LogP contribution is -2.10. The molecule has 0 unspecified atom stereocenters. The van der Waals surface area contributed by atoms with Crippen LogP contribution in [-0.2, 0) is 16.1 Å². The molecular formula is C27H28O5. The molecule has 32 heavy (non-hydrogen) atoms. The average molecular weight is 433 g/mol. The molecule has 0 amide bonds. The topological polar surface area (TPSA) is 61.8 Å². The van der Waals surface area contributed by atoms with Crippen molar-refractivity contribution in [1.82, 2.24) is 0 Å². The van der Waals surface area contributed by atoms with Crippen LogP contribution in [0.3, 0.4) is 0 Å². The van der Waals surface area contributed by atoms with Crippen molar-refractivity contribution in [2.75, 3.05) is 6.61 Å². The molecule has 3 aromatic carbocycles. The highest BCUT2D eigenvalue weighted by Crippen LogP contribution is 2.22. The van der Waals surface area contributed by atoms with Gasteiger partial charge in [-0.3, -0.25) is 0 Å². The van der Waals surface area contributed by atoms with Crippen molar-refractivity contribution in [2.45, 2.75) is 33.3 Å². The first-order valence-corrected chi connectivity index (χ1v) is 10.8. The summed E-state index contributed by atoms with van der Waals surface area (Å²) in [6.45, 7) is 4.72. The largest absolute Gasteiger partial charge is 0.462 e. The number of esters is 2. The fraction of sp³-hybridized carbons (Fsp3) is 0.259. The van der Waals surface area contributed by atoms with E-state index in [0.717, 1.165) is 24.2 Å². The number of ether oxygens (including phenoxy) is 3. The summed E-state index contributed by atoms with van der Waals surface area (Å²) in [4.78, 5) is 24.7. The van der Waals surface area contributed by atoms with Crippen molar-refractivity contribution >= 4 is 11.9 Å². The van der Waals surface area contributed by atoms with Gasteiger partial charge in [-0.1, -0.05) is 50.2 Å². The number of carbonyl (C=O) groups excluding carboxylic acids is 2. The van der Waals surface area contributed by atoms with Gasteiger partial charge in [-0.25, -0.2) is 9.59 Å². The van der Waals surface area contributed by atoms with Gasteiger partial charge in [0, 0.05) is 0 Å². The molecule has 0 aromatic heterocycles. The second kappa shape index (κ2) is 11.7. The molecule has 0 spiro atoms. The molecule has 0 atom stereocenters. The summed E-state index contributed by atoms with van der Waals surface area (Å²) in [5.74, 6) is 1.02. The number of rotatable bonds is 10. The number of para-hydroxylation sites is 1. The summed E-state index contributed by atoms with van der Waals surface area (Å²) in [5.41, 5.74) is 1.44.